The highest BCUT2D eigenvalue weighted by Crippen LogP contribution is 2.11. The van der Waals surface area contributed by atoms with Gasteiger partial charge in [-0.1, -0.05) is 18.2 Å². The maximum absolute atomic E-state index is 11.4. The number of carboxylic acid groups (broad SMARTS) is 1. The second kappa shape index (κ2) is 9.15. The van der Waals surface area contributed by atoms with Gasteiger partial charge in [-0.3, -0.25) is 0 Å². The minimum absolute atomic E-state index is 0.166. The summed E-state index contributed by atoms with van der Waals surface area (Å²) in [7, 11) is 0. The molecule has 1 aromatic rings. The van der Waals surface area contributed by atoms with Gasteiger partial charge in [-0.25, -0.2) is 9.59 Å². The highest BCUT2D eigenvalue weighted by molar-refractivity contribution is 5.89. The highest BCUT2D eigenvalue weighted by atomic mass is 16.6. The SMILES string of the molecule is CC(C)(C)OC(=O)c1ccccc1.O=C(O)NC1CCNCC1. The molecule has 0 radical (unpaired) electrons. The average molecular weight is 322 g/mol. The van der Waals surface area contributed by atoms with Crippen molar-refractivity contribution in [3.05, 3.63) is 35.9 Å². The molecular weight excluding hydrogens is 296 g/mol. The van der Waals surface area contributed by atoms with Crippen LogP contribution >= 0.6 is 0 Å². The predicted molar refractivity (Wildman–Crippen MR) is 88.7 cm³/mol. The van der Waals surface area contributed by atoms with E-state index in [1.54, 1.807) is 12.1 Å². The monoisotopic (exact) mass is 322 g/mol. The van der Waals surface area contributed by atoms with Crippen molar-refractivity contribution < 1.29 is 19.4 Å². The predicted octanol–water partition coefficient (Wildman–Crippen LogP) is 2.65. The van der Waals surface area contributed by atoms with Crippen molar-refractivity contribution in [1.82, 2.24) is 10.6 Å². The van der Waals surface area contributed by atoms with Crippen molar-refractivity contribution in [2.24, 2.45) is 0 Å². The van der Waals surface area contributed by atoms with Gasteiger partial charge in [-0.05, 0) is 58.8 Å². The lowest BCUT2D eigenvalue weighted by Crippen LogP contribution is -2.42. The highest BCUT2D eigenvalue weighted by Gasteiger charge is 2.17. The first-order valence-corrected chi connectivity index (χ1v) is 7.76. The zero-order valence-electron chi connectivity index (χ0n) is 14.0. The van der Waals surface area contributed by atoms with Gasteiger partial charge in [0.25, 0.3) is 0 Å². The molecule has 0 bridgehead atoms. The molecule has 0 saturated carbocycles. The number of ether oxygens (including phenoxy) is 1. The van der Waals surface area contributed by atoms with Crippen LogP contribution in [-0.4, -0.2) is 41.9 Å². The quantitative estimate of drug-likeness (QED) is 0.729. The number of carbonyl (C=O) groups excluding carboxylic acids is 1. The number of benzene rings is 1. The van der Waals surface area contributed by atoms with E-state index in [1.165, 1.54) is 0 Å². The maximum Gasteiger partial charge on any atom is 0.404 e. The van der Waals surface area contributed by atoms with Crippen molar-refractivity contribution in [3.63, 3.8) is 0 Å². The Labute approximate surface area is 137 Å². The number of carbonyl (C=O) groups is 2. The normalized spacial score (nSPS) is 15.1. The number of hydrogen-bond acceptors (Lipinski definition) is 4. The summed E-state index contributed by atoms with van der Waals surface area (Å²) in [6.45, 7) is 7.41. The lowest BCUT2D eigenvalue weighted by molar-refractivity contribution is 0.00694. The van der Waals surface area contributed by atoms with E-state index in [2.05, 4.69) is 10.6 Å². The van der Waals surface area contributed by atoms with Crippen molar-refractivity contribution >= 4 is 12.1 Å². The number of piperidine rings is 1. The molecule has 128 valence electrons. The molecule has 1 aliphatic rings. The third-order valence-corrected chi connectivity index (χ3v) is 3.08. The van der Waals surface area contributed by atoms with Crippen molar-refractivity contribution in [2.45, 2.75) is 45.3 Å². The van der Waals surface area contributed by atoms with Gasteiger partial charge in [-0.2, -0.15) is 0 Å². The summed E-state index contributed by atoms with van der Waals surface area (Å²) in [5.74, 6) is -0.270. The summed E-state index contributed by atoms with van der Waals surface area (Å²) >= 11 is 0. The molecule has 0 aliphatic carbocycles. The molecule has 1 saturated heterocycles. The number of hydrogen-bond donors (Lipinski definition) is 3. The molecule has 0 aromatic heterocycles. The molecule has 23 heavy (non-hydrogen) atoms. The van der Waals surface area contributed by atoms with E-state index in [9.17, 15) is 9.59 Å². The Kier molecular flexibility index (Phi) is 7.54. The molecule has 1 aliphatic heterocycles. The number of amides is 1. The second-order valence-electron chi connectivity index (χ2n) is 6.34. The van der Waals surface area contributed by atoms with Gasteiger partial charge in [0.15, 0.2) is 0 Å². The molecule has 1 aromatic carbocycles. The lowest BCUT2D eigenvalue weighted by Gasteiger charge is -2.21. The standard InChI is InChI=1S/C11H14O2.C6H12N2O2/c1-11(2,3)13-10(12)9-7-5-4-6-8-9;9-6(10)8-5-1-3-7-4-2-5/h4-8H,1-3H3;5,7-8H,1-4H2,(H,9,10). The number of nitrogens with one attached hydrogen (secondary N) is 2. The van der Waals surface area contributed by atoms with Crippen LogP contribution in [0.5, 0.6) is 0 Å². The van der Waals surface area contributed by atoms with E-state index in [4.69, 9.17) is 9.84 Å². The first-order valence-electron chi connectivity index (χ1n) is 7.76. The molecular formula is C17H26N2O4. The van der Waals surface area contributed by atoms with Crippen molar-refractivity contribution in [3.8, 4) is 0 Å². The van der Waals surface area contributed by atoms with E-state index < -0.39 is 11.7 Å². The van der Waals surface area contributed by atoms with Crippen molar-refractivity contribution in [1.29, 1.82) is 0 Å². The first-order chi connectivity index (χ1) is 10.8. The van der Waals surface area contributed by atoms with Gasteiger partial charge in [-0.15, -0.1) is 0 Å². The molecule has 0 unspecified atom stereocenters. The Morgan fingerprint density at radius 3 is 2.22 bits per heavy atom. The summed E-state index contributed by atoms with van der Waals surface area (Å²) in [5, 5.41) is 13.9. The van der Waals surface area contributed by atoms with Gasteiger partial charge in [0, 0.05) is 6.04 Å². The number of rotatable bonds is 2. The van der Waals surface area contributed by atoms with Crippen LogP contribution in [0.4, 0.5) is 4.79 Å². The summed E-state index contributed by atoms with van der Waals surface area (Å²) in [5.41, 5.74) is 0.171. The molecule has 0 spiro atoms. The molecule has 1 fully saturated rings. The van der Waals surface area contributed by atoms with Gasteiger partial charge in [0.2, 0.25) is 0 Å². The van der Waals surface area contributed by atoms with Crippen LogP contribution in [0.15, 0.2) is 30.3 Å². The Morgan fingerprint density at radius 1 is 1.17 bits per heavy atom. The first kappa shape index (κ1) is 19.0. The molecule has 0 atom stereocenters. The van der Waals surface area contributed by atoms with E-state index in [0.717, 1.165) is 25.9 Å². The van der Waals surface area contributed by atoms with Crippen LogP contribution in [0, 0.1) is 0 Å². The minimum atomic E-state index is -0.910. The van der Waals surface area contributed by atoms with Crippen molar-refractivity contribution in [2.75, 3.05) is 13.1 Å². The fourth-order valence-electron chi connectivity index (χ4n) is 2.05. The molecule has 6 nitrogen and oxygen atoms in total. The third-order valence-electron chi connectivity index (χ3n) is 3.08. The Morgan fingerprint density at radius 2 is 1.74 bits per heavy atom. The number of esters is 1. The van der Waals surface area contributed by atoms with Crippen LogP contribution in [0.25, 0.3) is 0 Å². The Balaban J connectivity index is 0.000000238. The second-order valence-corrected chi connectivity index (χ2v) is 6.34. The van der Waals surface area contributed by atoms with E-state index in [0.29, 0.717) is 5.56 Å². The van der Waals surface area contributed by atoms with Crippen LogP contribution in [0.1, 0.15) is 44.0 Å². The Bertz CT molecular complexity index is 491. The summed E-state index contributed by atoms with van der Waals surface area (Å²) in [6.07, 6.45) is 0.908. The van der Waals surface area contributed by atoms with Crippen LogP contribution in [0.2, 0.25) is 0 Å². The van der Waals surface area contributed by atoms with Gasteiger partial charge in [0.05, 0.1) is 5.56 Å². The molecule has 1 heterocycles. The summed E-state index contributed by atoms with van der Waals surface area (Å²) in [4.78, 5) is 21.6. The molecule has 6 heteroatoms. The van der Waals surface area contributed by atoms with E-state index >= 15 is 0 Å². The molecule has 3 N–H and O–H groups in total. The van der Waals surface area contributed by atoms with Crippen LogP contribution < -0.4 is 10.6 Å². The molecule has 2 rings (SSSR count). The maximum atomic E-state index is 11.4. The van der Waals surface area contributed by atoms with Crippen LogP contribution in [-0.2, 0) is 4.74 Å². The van der Waals surface area contributed by atoms with E-state index in [1.807, 2.05) is 39.0 Å². The lowest BCUT2D eigenvalue weighted by atomic mass is 10.1. The average Bonchev–Trinajstić information content (AvgIpc) is 2.47. The minimum Gasteiger partial charge on any atom is -0.465 e. The zero-order chi connectivity index (χ0) is 17.3. The third kappa shape index (κ3) is 8.83. The summed E-state index contributed by atoms with van der Waals surface area (Å²) < 4.78 is 5.18. The topological polar surface area (TPSA) is 87.7 Å². The van der Waals surface area contributed by atoms with E-state index in [-0.39, 0.29) is 12.0 Å². The fourth-order valence-corrected chi connectivity index (χ4v) is 2.05. The van der Waals surface area contributed by atoms with Gasteiger partial charge < -0.3 is 20.5 Å². The van der Waals surface area contributed by atoms with Crippen LogP contribution in [0.3, 0.4) is 0 Å². The largest absolute Gasteiger partial charge is 0.465 e. The molecule has 1 amide bonds. The van der Waals surface area contributed by atoms with Gasteiger partial charge in [0.1, 0.15) is 5.60 Å². The fraction of sp³-hybridized carbons (Fsp3) is 0.529. The Hall–Kier alpha value is -2.08. The summed E-state index contributed by atoms with van der Waals surface area (Å²) in [6, 6.07) is 9.16. The smallest absolute Gasteiger partial charge is 0.404 e. The zero-order valence-corrected chi connectivity index (χ0v) is 14.0. The van der Waals surface area contributed by atoms with Gasteiger partial charge >= 0.3 is 12.1 Å².